The molecule has 1 fully saturated rings. The number of carbonyl (C=O) groups is 1. The molecule has 104 valence electrons. The average Bonchev–Trinajstić information content (AvgIpc) is 2.34. The first-order valence-electron chi connectivity index (χ1n) is 6.42. The lowest BCUT2D eigenvalue weighted by Crippen LogP contribution is -2.76. The molecule has 2 rings (SSSR count). The summed E-state index contributed by atoms with van der Waals surface area (Å²) in [6.07, 6.45) is 1.47. The van der Waals surface area contributed by atoms with Crippen LogP contribution in [0.5, 0.6) is 0 Å². The summed E-state index contributed by atoms with van der Waals surface area (Å²) in [5.74, 6) is -0.232. The number of nitrogens with two attached hydrogens (primary N) is 1. The van der Waals surface area contributed by atoms with Crippen molar-refractivity contribution in [3.05, 3.63) is 34.2 Å². The maximum atomic E-state index is 12.2. The Morgan fingerprint density at radius 2 is 1.89 bits per heavy atom. The summed E-state index contributed by atoms with van der Waals surface area (Å²) in [4.78, 5) is 25.9. The van der Waals surface area contributed by atoms with Gasteiger partial charge in [-0.05, 0) is 6.07 Å². The van der Waals surface area contributed by atoms with Gasteiger partial charge in [0.2, 0.25) is 5.56 Å². The van der Waals surface area contributed by atoms with Crippen LogP contribution < -0.4 is 16.6 Å². The van der Waals surface area contributed by atoms with Gasteiger partial charge in [-0.3, -0.25) is 9.59 Å². The Morgan fingerprint density at radius 1 is 1.32 bits per heavy atom. The normalized spacial score (nSPS) is 27.4. The number of pyridine rings is 1. The minimum atomic E-state index is -0.281. The van der Waals surface area contributed by atoms with Crippen molar-refractivity contribution in [1.29, 1.82) is 0 Å². The SMILES string of the molecule is CC1(C)C(N)C(C)(C)C1NC(=O)c1cc[nH]c(=O)c1. The van der Waals surface area contributed by atoms with E-state index in [2.05, 4.69) is 10.3 Å². The van der Waals surface area contributed by atoms with E-state index in [-0.39, 0.29) is 34.4 Å². The van der Waals surface area contributed by atoms with E-state index in [4.69, 9.17) is 5.73 Å². The van der Waals surface area contributed by atoms with E-state index >= 15 is 0 Å². The summed E-state index contributed by atoms with van der Waals surface area (Å²) in [5.41, 5.74) is 5.94. The summed E-state index contributed by atoms with van der Waals surface area (Å²) in [5, 5.41) is 3.00. The Balaban J connectivity index is 2.18. The molecule has 0 radical (unpaired) electrons. The van der Waals surface area contributed by atoms with Crippen LogP contribution in [0.2, 0.25) is 0 Å². The maximum absolute atomic E-state index is 12.2. The van der Waals surface area contributed by atoms with Gasteiger partial charge >= 0.3 is 0 Å². The van der Waals surface area contributed by atoms with Crippen molar-refractivity contribution in [3.8, 4) is 0 Å². The topological polar surface area (TPSA) is 88.0 Å². The average molecular weight is 263 g/mol. The molecule has 4 N–H and O–H groups in total. The highest BCUT2D eigenvalue weighted by atomic mass is 16.2. The lowest BCUT2D eigenvalue weighted by Gasteiger charge is -2.62. The van der Waals surface area contributed by atoms with Gasteiger partial charge in [0, 0.05) is 40.7 Å². The molecule has 1 saturated carbocycles. The first-order chi connectivity index (χ1) is 8.67. The number of carbonyl (C=O) groups excluding carboxylic acids is 1. The van der Waals surface area contributed by atoms with Crippen molar-refractivity contribution in [2.45, 2.75) is 39.8 Å². The van der Waals surface area contributed by atoms with Crippen LogP contribution in [0.4, 0.5) is 0 Å². The lowest BCUT2D eigenvalue weighted by atomic mass is 9.48. The molecular formula is C14H21N3O2. The minimum absolute atomic E-state index is 0.0122. The van der Waals surface area contributed by atoms with Crippen molar-refractivity contribution in [3.63, 3.8) is 0 Å². The van der Waals surface area contributed by atoms with E-state index in [1.54, 1.807) is 6.07 Å². The quantitative estimate of drug-likeness (QED) is 0.739. The Bertz CT molecular complexity index is 544. The third-order valence-corrected chi connectivity index (χ3v) is 4.40. The number of aromatic amines is 1. The second-order valence-corrected chi connectivity index (χ2v) is 6.47. The summed E-state index contributed by atoms with van der Waals surface area (Å²) in [6.45, 7) is 8.19. The molecule has 1 aliphatic rings. The van der Waals surface area contributed by atoms with Crippen LogP contribution in [-0.4, -0.2) is 23.0 Å². The largest absolute Gasteiger partial charge is 0.348 e. The number of nitrogens with one attached hydrogen (secondary N) is 2. The third-order valence-electron chi connectivity index (χ3n) is 4.40. The van der Waals surface area contributed by atoms with Crippen LogP contribution in [-0.2, 0) is 0 Å². The van der Waals surface area contributed by atoms with Crippen LogP contribution in [0.3, 0.4) is 0 Å². The molecule has 0 unspecified atom stereocenters. The van der Waals surface area contributed by atoms with Gasteiger partial charge in [0.15, 0.2) is 0 Å². The molecular weight excluding hydrogens is 242 g/mol. The van der Waals surface area contributed by atoms with Gasteiger partial charge in [-0.1, -0.05) is 27.7 Å². The highest BCUT2D eigenvalue weighted by Crippen LogP contribution is 2.52. The number of hydrogen-bond donors (Lipinski definition) is 3. The number of H-pyrrole nitrogens is 1. The van der Waals surface area contributed by atoms with E-state index in [1.165, 1.54) is 12.3 Å². The van der Waals surface area contributed by atoms with Crippen LogP contribution in [0.15, 0.2) is 23.1 Å². The van der Waals surface area contributed by atoms with Crippen molar-refractivity contribution in [1.82, 2.24) is 10.3 Å². The van der Waals surface area contributed by atoms with Crippen molar-refractivity contribution in [2.75, 3.05) is 0 Å². The second-order valence-electron chi connectivity index (χ2n) is 6.47. The first-order valence-corrected chi connectivity index (χ1v) is 6.42. The fraction of sp³-hybridized carbons (Fsp3) is 0.571. The zero-order chi connectivity index (χ0) is 14.4. The van der Waals surface area contributed by atoms with Crippen molar-refractivity contribution in [2.24, 2.45) is 16.6 Å². The molecule has 1 aliphatic carbocycles. The molecule has 1 heterocycles. The van der Waals surface area contributed by atoms with Gasteiger partial charge < -0.3 is 16.0 Å². The second kappa shape index (κ2) is 4.20. The fourth-order valence-corrected chi connectivity index (χ4v) is 3.35. The zero-order valence-electron chi connectivity index (χ0n) is 11.8. The van der Waals surface area contributed by atoms with E-state index in [1.807, 2.05) is 27.7 Å². The van der Waals surface area contributed by atoms with Crippen LogP contribution in [0.25, 0.3) is 0 Å². The zero-order valence-corrected chi connectivity index (χ0v) is 11.8. The molecule has 1 aromatic heterocycles. The molecule has 1 aromatic rings. The number of aromatic nitrogens is 1. The standard InChI is InChI=1S/C14H21N3O2/c1-13(2)11(15)14(3,4)12(13)17-10(19)8-5-6-16-9(18)7-8/h5-7,11-12H,15H2,1-4H3,(H,16,18)(H,17,19). The van der Waals surface area contributed by atoms with Crippen molar-refractivity contribution < 1.29 is 4.79 Å². The summed E-state index contributed by atoms with van der Waals surface area (Å²) in [6, 6.07) is 2.91. The Labute approximate surface area is 112 Å². The van der Waals surface area contributed by atoms with E-state index in [0.717, 1.165) is 0 Å². The first kappa shape index (κ1) is 13.8. The number of amides is 1. The molecule has 0 aromatic carbocycles. The fourth-order valence-electron chi connectivity index (χ4n) is 3.35. The molecule has 5 nitrogen and oxygen atoms in total. The highest BCUT2D eigenvalue weighted by Gasteiger charge is 2.60. The molecule has 5 heteroatoms. The minimum Gasteiger partial charge on any atom is -0.348 e. The highest BCUT2D eigenvalue weighted by molar-refractivity contribution is 5.94. The summed E-state index contributed by atoms with van der Waals surface area (Å²) in [7, 11) is 0. The van der Waals surface area contributed by atoms with Gasteiger partial charge in [0.1, 0.15) is 0 Å². The van der Waals surface area contributed by atoms with Gasteiger partial charge in [-0.2, -0.15) is 0 Å². The molecule has 0 saturated heterocycles. The molecule has 0 bridgehead atoms. The van der Waals surface area contributed by atoms with E-state index in [9.17, 15) is 9.59 Å². The number of hydrogen-bond acceptors (Lipinski definition) is 3. The van der Waals surface area contributed by atoms with Gasteiger partial charge in [0.05, 0.1) is 0 Å². The van der Waals surface area contributed by atoms with Crippen LogP contribution in [0, 0.1) is 10.8 Å². The molecule has 0 atom stereocenters. The smallest absolute Gasteiger partial charge is 0.251 e. The van der Waals surface area contributed by atoms with Crippen LogP contribution >= 0.6 is 0 Å². The Kier molecular flexibility index (Phi) is 3.05. The molecule has 0 spiro atoms. The molecule has 0 aliphatic heterocycles. The lowest BCUT2D eigenvalue weighted by molar-refractivity contribution is -0.0663. The predicted molar refractivity (Wildman–Crippen MR) is 73.9 cm³/mol. The van der Waals surface area contributed by atoms with E-state index in [0.29, 0.717) is 5.56 Å². The van der Waals surface area contributed by atoms with Gasteiger partial charge in [0.25, 0.3) is 5.91 Å². The van der Waals surface area contributed by atoms with Crippen LogP contribution in [0.1, 0.15) is 38.1 Å². The Morgan fingerprint density at radius 3 is 2.42 bits per heavy atom. The maximum Gasteiger partial charge on any atom is 0.251 e. The third kappa shape index (κ3) is 2.08. The Hall–Kier alpha value is -1.62. The van der Waals surface area contributed by atoms with Gasteiger partial charge in [-0.25, -0.2) is 0 Å². The number of rotatable bonds is 2. The molecule has 19 heavy (non-hydrogen) atoms. The predicted octanol–water partition coefficient (Wildman–Crippen LogP) is 0.867. The van der Waals surface area contributed by atoms with Crippen molar-refractivity contribution >= 4 is 5.91 Å². The van der Waals surface area contributed by atoms with Gasteiger partial charge in [-0.15, -0.1) is 0 Å². The molecule has 1 amide bonds. The summed E-state index contributed by atoms with van der Waals surface area (Å²) >= 11 is 0. The monoisotopic (exact) mass is 263 g/mol. The summed E-state index contributed by atoms with van der Waals surface area (Å²) < 4.78 is 0. The van der Waals surface area contributed by atoms with E-state index < -0.39 is 0 Å².